The van der Waals surface area contributed by atoms with E-state index in [1.807, 2.05) is 11.8 Å². The van der Waals surface area contributed by atoms with E-state index in [9.17, 15) is 13.2 Å². The van der Waals surface area contributed by atoms with Crippen LogP contribution in [0, 0.1) is 0 Å². The summed E-state index contributed by atoms with van der Waals surface area (Å²) in [5.74, 6) is 0.416. The third kappa shape index (κ3) is 3.99. The molecule has 1 aliphatic rings. The van der Waals surface area contributed by atoms with Crippen molar-refractivity contribution in [3.05, 3.63) is 17.8 Å². The van der Waals surface area contributed by atoms with E-state index in [1.54, 1.807) is 0 Å². The lowest BCUT2D eigenvalue weighted by Crippen LogP contribution is -2.29. The van der Waals surface area contributed by atoms with E-state index in [2.05, 4.69) is 21.8 Å². The van der Waals surface area contributed by atoms with Gasteiger partial charge < -0.3 is 5.32 Å². The highest BCUT2D eigenvalue weighted by molar-refractivity contribution is 7.99. The topological polar surface area (TPSA) is 37.8 Å². The number of nitrogens with one attached hydrogen (secondary N) is 1. The SMILES string of the molecule is CSC1CCCC(Nc2ccc(C(F)(F)F)nn2)C1. The van der Waals surface area contributed by atoms with Crippen molar-refractivity contribution in [3.63, 3.8) is 0 Å². The minimum atomic E-state index is -4.43. The molecule has 1 aliphatic carbocycles. The standard InChI is InChI=1S/C12H16F3N3S/c1-19-9-4-2-3-8(7-9)16-11-6-5-10(17-18-11)12(13,14)15/h5-6,8-9H,2-4,7H2,1H3,(H,16,18). The molecule has 0 radical (unpaired) electrons. The zero-order valence-electron chi connectivity index (χ0n) is 10.6. The average molecular weight is 291 g/mol. The minimum Gasteiger partial charge on any atom is -0.366 e. The van der Waals surface area contributed by atoms with Crippen LogP contribution in [0.25, 0.3) is 0 Å². The number of hydrogen-bond donors (Lipinski definition) is 1. The Balaban J connectivity index is 1.96. The number of rotatable bonds is 3. The molecule has 2 unspecified atom stereocenters. The summed E-state index contributed by atoms with van der Waals surface area (Å²) >= 11 is 1.84. The molecule has 0 aromatic carbocycles. The van der Waals surface area contributed by atoms with Gasteiger partial charge in [-0.25, -0.2) is 0 Å². The molecule has 3 nitrogen and oxygen atoms in total. The summed E-state index contributed by atoms with van der Waals surface area (Å²) in [6.45, 7) is 0. The molecule has 0 spiro atoms. The molecule has 1 fully saturated rings. The highest BCUT2D eigenvalue weighted by Crippen LogP contribution is 2.29. The summed E-state index contributed by atoms with van der Waals surface area (Å²) in [5.41, 5.74) is -0.955. The van der Waals surface area contributed by atoms with Crippen LogP contribution in [0.1, 0.15) is 31.4 Å². The van der Waals surface area contributed by atoms with Crippen LogP contribution in [0.3, 0.4) is 0 Å². The number of nitrogens with zero attached hydrogens (tertiary/aromatic N) is 2. The molecule has 7 heteroatoms. The molecular weight excluding hydrogens is 275 g/mol. The summed E-state index contributed by atoms with van der Waals surface area (Å²) in [7, 11) is 0. The van der Waals surface area contributed by atoms with Crippen LogP contribution in [0.4, 0.5) is 19.0 Å². The Morgan fingerprint density at radius 1 is 1.26 bits per heavy atom. The maximum atomic E-state index is 12.3. The molecule has 1 aromatic heterocycles. The summed E-state index contributed by atoms with van der Waals surface area (Å²) in [4.78, 5) is 0. The van der Waals surface area contributed by atoms with Crippen molar-refractivity contribution in [3.8, 4) is 0 Å². The van der Waals surface area contributed by atoms with Crippen LogP contribution in [0.2, 0.25) is 0 Å². The van der Waals surface area contributed by atoms with Gasteiger partial charge in [0.2, 0.25) is 0 Å². The zero-order valence-corrected chi connectivity index (χ0v) is 11.4. The van der Waals surface area contributed by atoms with Gasteiger partial charge in [0, 0.05) is 11.3 Å². The van der Waals surface area contributed by atoms with Crippen molar-refractivity contribution in [2.75, 3.05) is 11.6 Å². The first-order valence-corrected chi connectivity index (χ1v) is 7.48. The Morgan fingerprint density at radius 2 is 2.05 bits per heavy atom. The second-order valence-electron chi connectivity index (χ2n) is 4.67. The monoisotopic (exact) mass is 291 g/mol. The maximum absolute atomic E-state index is 12.3. The highest BCUT2D eigenvalue weighted by Gasteiger charge is 2.33. The summed E-state index contributed by atoms with van der Waals surface area (Å²) in [5, 5.41) is 10.6. The number of alkyl halides is 3. The quantitative estimate of drug-likeness (QED) is 0.923. The predicted molar refractivity (Wildman–Crippen MR) is 70.2 cm³/mol. The normalized spacial score (nSPS) is 24.2. The third-order valence-electron chi connectivity index (χ3n) is 3.27. The van der Waals surface area contributed by atoms with E-state index in [4.69, 9.17) is 0 Å². The van der Waals surface area contributed by atoms with Gasteiger partial charge in [0.1, 0.15) is 5.82 Å². The summed E-state index contributed by atoms with van der Waals surface area (Å²) in [6.07, 6.45) is 2.05. The largest absolute Gasteiger partial charge is 0.435 e. The lowest BCUT2D eigenvalue weighted by Gasteiger charge is -2.28. The maximum Gasteiger partial charge on any atom is 0.435 e. The van der Waals surface area contributed by atoms with Gasteiger partial charge in [0.05, 0.1) is 0 Å². The first kappa shape index (κ1) is 14.4. The molecule has 1 saturated carbocycles. The van der Waals surface area contributed by atoms with Gasteiger partial charge in [0.25, 0.3) is 0 Å². The molecule has 1 heterocycles. The smallest absolute Gasteiger partial charge is 0.366 e. The van der Waals surface area contributed by atoms with E-state index < -0.39 is 11.9 Å². The van der Waals surface area contributed by atoms with E-state index in [1.165, 1.54) is 12.5 Å². The fourth-order valence-corrected chi connectivity index (χ4v) is 3.09. The van der Waals surface area contributed by atoms with Crippen LogP contribution in [0.5, 0.6) is 0 Å². The van der Waals surface area contributed by atoms with Gasteiger partial charge in [-0.15, -0.1) is 10.2 Å². The number of thioether (sulfide) groups is 1. The number of hydrogen-bond acceptors (Lipinski definition) is 4. The van der Waals surface area contributed by atoms with Gasteiger partial charge in [-0.2, -0.15) is 24.9 Å². The van der Waals surface area contributed by atoms with Crippen LogP contribution < -0.4 is 5.32 Å². The van der Waals surface area contributed by atoms with Crippen LogP contribution in [0.15, 0.2) is 12.1 Å². The van der Waals surface area contributed by atoms with Gasteiger partial charge in [-0.05, 0) is 37.7 Å². The molecule has 2 rings (SSSR count). The lowest BCUT2D eigenvalue weighted by molar-refractivity contribution is -0.141. The molecule has 0 bridgehead atoms. The van der Waals surface area contributed by atoms with Crippen molar-refractivity contribution < 1.29 is 13.2 Å². The van der Waals surface area contributed by atoms with Gasteiger partial charge in [0.15, 0.2) is 5.69 Å². The zero-order chi connectivity index (χ0) is 13.9. The van der Waals surface area contributed by atoms with Gasteiger partial charge in [-0.3, -0.25) is 0 Å². The molecule has 0 saturated heterocycles. The fraction of sp³-hybridized carbons (Fsp3) is 0.667. The van der Waals surface area contributed by atoms with Crippen molar-refractivity contribution in [1.82, 2.24) is 10.2 Å². The van der Waals surface area contributed by atoms with E-state index >= 15 is 0 Å². The molecule has 0 aliphatic heterocycles. The fourth-order valence-electron chi connectivity index (χ4n) is 2.26. The minimum absolute atomic E-state index is 0.275. The second kappa shape index (κ2) is 5.98. The van der Waals surface area contributed by atoms with Crippen LogP contribution >= 0.6 is 11.8 Å². The molecule has 1 aromatic rings. The molecule has 2 atom stereocenters. The molecule has 106 valence electrons. The molecule has 19 heavy (non-hydrogen) atoms. The van der Waals surface area contributed by atoms with E-state index in [-0.39, 0.29) is 6.04 Å². The van der Waals surface area contributed by atoms with E-state index in [0.29, 0.717) is 11.1 Å². The lowest BCUT2D eigenvalue weighted by atomic mass is 9.95. The highest BCUT2D eigenvalue weighted by atomic mass is 32.2. The Hall–Kier alpha value is -0.980. The molecule has 1 N–H and O–H groups in total. The number of halogens is 3. The number of anilines is 1. The van der Waals surface area contributed by atoms with Crippen molar-refractivity contribution in [2.45, 2.75) is 43.2 Å². The van der Waals surface area contributed by atoms with Crippen LogP contribution in [-0.2, 0) is 6.18 Å². The average Bonchev–Trinajstić information content (AvgIpc) is 2.38. The number of aromatic nitrogens is 2. The van der Waals surface area contributed by atoms with E-state index in [0.717, 1.165) is 25.3 Å². The molecular formula is C12H16F3N3S. The Labute approximate surface area is 114 Å². The Morgan fingerprint density at radius 3 is 2.63 bits per heavy atom. The van der Waals surface area contributed by atoms with Gasteiger partial charge >= 0.3 is 6.18 Å². The van der Waals surface area contributed by atoms with Gasteiger partial charge in [-0.1, -0.05) is 6.42 Å². The van der Waals surface area contributed by atoms with Crippen LogP contribution in [-0.4, -0.2) is 27.7 Å². The van der Waals surface area contributed by atoms with Crippen molar-refractivity contribution in [2.24, 2.45) is 0 Å². The van der Waals surface area contributed by atoms with Crippen molar-refractivity contribution >= 4 is 17.6 Å². The van der Waals surface area contributed by atoms with Crippen molar-refractivity contribution in [1.29, 1.82) is 0 Å². The summed E-state index contributed by atoms with van der Waals surface area (Å²) < 4.78 is 37.0. The summed E-state index contributed by atoms with van der Waals surface area (Å²) in [6, 6.07) is 2.58. The first-order chi connectivity index (χ1) is 8.99. The Bertz CT molecular complexity index is 408. The second-order valence-corrected chi connectivity index (χ2v) is 5.81. The predicted octanol–water partition coefficient (Wildman–Crippen LogP) is 3.58. The first-order valence-electron chi connectivity index (χ1n) is 6.19. The third-order valence-corrected chi connectivity index (χ3v) is 4.36. The molecule has 0 amide bonds. The Kier molecular flexibility index (Phi) is 4.54.